The molecule has 0 saturated carbocycles. The first-order chi connectivity index (χ1) is 12.5. The lowest BCUT2D eigenvalue weighted by molar-refractivity contribution is -0.116. The Kier molecular flexibility index (Phi) is 4.20. The van der Waals surface area contributed by atoms with Crippen LogP contribution in [0.25, 0.3) is 0 Å². The van der Waals surface area contributed by atoms with Crippen LogP contribution >= 0.6 is 0 Å². The monoisotopic (exact) mass is 375 g/mol. The predicted octanol–water partition coefficient (Wildman–Crippen LogP) is 2.50. The van der Waals surface area contributed by atoms with Crippen molar-refractivity contribution in [2.75, 3.05) is 18.5 Å². The van der Waals surface area contributed by atoms with Gasteiger partial charge in [-0.05, 0) is 42.3 Å². The van der Waals surface area contributed by atoms with Crippen molar-refractivity contribution in [3.8, 4) is 17.2 Å². The second kappa shape index (κ2) is 6.53. The summed E-state index contributed by atoms with van der Waals surface area (Å²) in [6, 6.07) is 9.21. The van der Waals surface area contributed by atoms with Gasteiger partial charge in [-0.25, -0.2) is 0 Å². The molecule has 1 amide bonds. The molecule has 0 radical (unpaired) electrons. The Morgan fingerprint density at radius 2 is 1.77 bits per heavy atom. The summed E-state index contributed by atoms with van der Waals surface area (Å²) in [6.45, 7) is 0.995. The Labute approximate surface area is 151 Å². The zero-order valence-corrected chi connectivity index (χ0v) is 14.7. The maximum atomic E-state index is 12.6. The highest BCUT2D eigenvalue weighted by Gasteiger charge is 2.22. The van der Waals surface area contributed by atoms with Crippen LogP contribution < -0.4 is 19.0 Å². The Morgan fingerprint density at radius 3 is 2.62 bits per heavy atom. The van der Waals surface area contributed by atoms with E-state index in [0.717, 1.165) is 12.0 Å². The molecule has 0 saturated heterocycles. The molecule has 0 atom stereocenters. The van der Waals surface area contributed by atoms with Crippen LogP contribution in [-0.2, 0) is 21.3 Å². The van der Waals surface area contributed by atoms with Gasteiger partial charge in [0.1, 0.15) is 10.6 Å². The average Bonchev–Trinajstić information content (AvgIpc) is 2.86. The molecule has 4 rings (SSSR count). The molecular formula is C18H17NO6S. The molecule has 2 heterocycles. The minimum Gasteiger partial charge on any atom is -0.490 e. The Hall–Kier alpha value is -2.74. The summed E-state index contributed by atoms with van der Waals surface area (Å²) >= 11 is 0. The second-order valence-corrected chi connectivity index (χ2v) is 7.61. The number of amides is 1. The van der Waals surface area contributed by atoms with Gasteiger partial charge in [-0.2, -0.15) is 8.42 Å². The summed E-state index contributed by atoms with van der Waals surface area (Å²) < 4.78 is 41.5. The van der Waals surface area contributed by atoms with Crippen LogP contribution in [-0.4, -0.2) is 27.5 Å². The van der Waals surface area contributed by atoms with Crippen molar-refractivity contribution in [2.45, 2.75) is 24.2 Å². The molecule has 0 aliphatic carbocycles. The van der Waals surface area contributed by atoms with Gasteiger partial charge in [-0.15, -0.1) is 0 Å². The molecule has 8 heteroatoms. The number of hydrogen-bond acceptors (Lipinski definition) is 6. The molecule has 0 bridgehead atoms. The van der Waals surface area contributed by atoms with E-state index >= 15 is 0 Å². The Morgan fingerprint density at radius 1 is 0.962 bits per heavy atom. The van der Waals surface area contributed by atoms with E-state index < -0.39 is 10.1 Å². The molecule has 0 spiro atoms. The van der Waals surface area contributed by atoms with Crippen molar-refractivity contribution in [3.63, 3.8) is 0 Å². The number of carbonyl (C=O) groups is 1. The zero-order chi connectivity index (χ0) is 18.1. The predicted molar refractivity (Wildman–Crippen MR) is 93.3 cm³/mol. The first-order valence-corrected chi connectivity index (χ1v) is 9.69. The van der Waals surface area contributed by atoms with E-state index in [1.54, 1.807) is 18.2 Å². The third kappa shape index (κ3) is 3.32. The van der Waals surface area contributed by atoms with Crippen LogP contribution in [0.3, 0.4) is 0 Å². The Bertz CT molecular complexity index is 970. The zero-order valence-electron chi connectivity index (χ0n) is 13.9. The summed E-state index contributed by atoms with van der Waals surface area (Å²) in [7, 11) is -4.02. The van der Waals surface area contributed by atoms with Gasteiger partial charge in [-0.1, -0.05) is 0 Å². The Balaban J connectivity index is 1.60. The first kappa shape index (κ1) is 16.7. The molecule has 26 heavy (non-hydrogen) atoms. The molecule has 2 aliphatic rings. The molecular weight excluding hydrogens is 358 g/mol. The maximum absolute atomic E-state index is 12.6. The minimum absolute atomic E-state index is 0.00669. The lowest BCUT2D eigenvalue weighted by Gasteiger charge is -2.17. The van der Waals surface area contributed by atoms with Crippen LogP contribution in [0.2, 0.25) is 0 Å². The van der Waals surface area contributed by atoms with Crippen LogP contribution in [0.1, 0.15) is 18.4 Å². The van der Waals surface area contributed by atoms with E-state index in [-0.39, 0.29) is 16.6 Å². The van der Waals surface area contributed by atoms with Gasteiger partial charge < -0.3 is 19.0 Å². The molecule has 136 valence electrons. The topological polar surface area (TPSA) is 90.9 Å². The fourth-order valence-corrected chi connectivity index (χ4v) is 3.82. The van der Waals surface area contributed by atoms with Crippen LogP contribution in [0.5, 0.6) is 17.2 Å². The molecule has 1 N–H and O–H groups in total. The normalized spacial score (nSPS) is 16.2. The number of rotatable bonds is 3. The number of nitrogens with one attached hydrogen (secondary N) is 1. The van der Waals surface area contributed by atoms with Crippen molar-refractivity contribution in [2.24, 2.45) is 0 Å². The van der Waals surface area contributed by atoms with Crippen molar-refractivity contribution in [1.82, 2.24) is 0 Å². The number of benzene rings is 2. The van der Waals surface area contributed by atoms with Crippen molar-refractivity contribution in [1.29, 1.82) is 0 Å². The standard InChI is InChI=1S/C18H17NO6S/c20-18-7-2-12-10-13(3-5-15(12)19-18)25-26(21,22)14-4-6-16-17(11-14)24-9-1-8-23-16/h3-6,10-11H,1-2,7-9H2,(H,19,20). The smallest absolute Gasteiger partial charge is 0.339 e. The second-order valence-electron chi connectivity index (χ2n) is 6.06. The number of fused-ring (bicyclic) bond motifs is 2. The van der Waals surface area contributed by atoms with Crippen LogP contribution in [0.15, 0.2) is 41.3 Å². The fraction of sp³-hybridized carbons (Fsp3) is 0.278. The van der Waals surface area contributed by atoms with Gasteiger partial charge in [0, 0.05) is 24.6 Å². The number of hydrogen-bond donors (Lipinski definition) is 1. The molecule has 0 aromatic heterocycles. The van der Waals surface area contributed by atoms with Gasteiger partial charge >= 0.3 is 10.1 Å². The van der Waals surface area contributed by atoms with E-state index in [4.69, 9.17) is 13.7 Å². The average molecular weight is 375 g/mol. The van der Waals surface area contributed by atoms with E-state index in [9.17, 15) is 13.2 Å². The number of carbonyl (C=O) groups excluding carboxylic acids is 1. The number of ether oxygens (including phenoxy) is 2. The first-order valence-electron chi connectivity index (χ1n) is 8.28. The van der Waals surface area contributed by atoms with Gasteiger partial charge in [0.2, 0.25) is 5.91 Å². The highest BCUT2D eigenvalue weighted by atomic mass is 32.2. The van der Waals surface area contributed by atoms with E-state index in [0.29, 0.717) is 43.2 Å². The molecule has 2 aromatic rings. The summed E-state index contributed by atoms with van der Waals surface area (Å²) in [5.41, 5.74) is 1.53. The van der Waals surface area contributed by atoms with Crippen LogP contribution in [0.4, 0.5) is 5.69 Å². The SMILES string of the molecule is O=C1CCc2cc(OS(=O)(=O)c3ccc4c(c3)OCCCO4)ccc2N1. The quantitative estimate of drug-likeness (QED) is 0.829. The summed E-state index contributed by atoms with van der Waals surface area (Å²) in [6.07, 6.45) is 1.65. The highest BCUT2D eigenvalue weighted by molar-refractivity contribution is 7.87. The molecule has 2 aromatic carbocycles. The fourth-order valence-electron chi connectivity index (χ4n) is 2.89. The minimum atomic E-state index is -4.02. The number of anilines is 1. The van der Waals surface area contributed by atoms with Gasteiger partial charge in [-0.3, -0.25) is 4.79 Å². The highest BCUT2D eigenvalue weighted by Crippen LogP contribution is 2.33. The van der Waals surface area contributed by atoms with Crippen LogP contribution in [0, 0.1) is 0 Å². The van der Waals surface area contributed by atoms with E-state index in [1.165, 1.54) is 18.2 Å². The van der Waals surface area contributed by atoms with Gasteiger partial charge in [0.05, 0.1) is 13.2 Å². The summed E-state index contributed by atoms with van der Waals surface area (Å²) in [5.74, 6) is 1.06. The largest absolute Gasteiger partial charge is 0.490 e. The summed E-state index contributed by atoms with van der Waals surface area (Å²) in [5, 5.41) is 2.75. The lowest BCUT2D eigenvalue weighted by Crippen LogP contribution is -2.19. The van der Waals surface area contributed by atoms with E-state index in [1.807, 2.05) is 0 Å². The summed E-state index contributed by atoms with van der Waals surface area (Å²) in [4.78, 5) is 11.4. The van der Waals surface area contributed by atoms with Crippen molar-refractivity contribution < 1.29 is 26.9 Å². The third-order valence-electron chi connectivity index (χ3n) is 4.19. The maximum Gasteiger partial charge on any atom is 0.339 e. The van der Waals surface area contributed by atoms with E-state index in [2.05, 4.69) is 5.32 Å². The molecule has 2 aliphatic heterocycles. The van der Waals surface area contributed by atoms with Crippen molar-refractivity contribution >= 4 is 21.7 Å². The van der Waals surface area contributed by atoms with Gasteiger partial charge in [0.15, 0.2) is 11.5 Å². The lowest BCUT2D eigenvalue weighted by atomic mass is 10.0. The molecule has 7 nitrogen and oxygen atoms in total. The molecule has 0 fully saturated rings. The van der Waals surface area contributed by atoms with Gasteiger partial charge in [0.25, 0.3) is 0 Å². The number of aryl methyl sites for hydroxylation is 1. The molecule has 0 unspecified atom stereocenters. The van der Waals surface area contributed by atoms with Crippen molar-refractivity contribution in [3.05, 3.63) is 42.0 Å². The third-order valence-corrected chi connectivity index (χ3v) is 5.43.